The molecule has 88 valence electrons. The first kappa shape index (κ1) is 12.8. The molecule has 0 amide bonds. The summed E-state index contributed by atoms with van der Waals surface area (Å²) in [6.45, 7) is 8.16. The Kier molecular flexibility index (Phi) is 5.06. The minimum Gasteiger partial charge on any atom is -0.464 e. The van der Waals surface area contributed by atoms with Crippen LogP contribution in [-0.2, 0) is 6.54 Å². The van der Waals surface area contributed by atoms with Gasteiger partial charge in [-0.1, -0.05) is 39.0 Å². The molecule has 1 aromatic carbocycles. The van der Waals surface area contributed by atoms with Crippen LogP contribution in [-0.4, -0.2) is 18.5 Å². The van der Waals surface area contributed by atoms with Gasteiger partial charge in [0.15, 0.2) is 0 Å². The molecular formula is C14H21NO. The highest BCUT2D eigenvalue weighted by molar-refractivity contribution is 5.80. The van der Waals surface area contributed by atoms with Gasteiger partial charge in [-0.3, -0.25) is 0 Å². The predicted molar refractivity (Wildman–Crippen MR) is 69.6 cm³/mol. The maximum absolute atomic E-state index is 5.47. The average Bonchev–Trinajstić information content (AvgIpc) is 2.75. The van der Waals surface area contributed by atoms with Gasteiger partial charge in [-0.05, 0) is 19.7 Å². The zero-order valence-corrected chi connectivity index (χ0v) is 10.7. The number of benzene rings is 1. The first-order chi connectivity index (χ1) is 7.81. The zero-order chi connectivity index (χ0) is 12.0. The molecule has 0 aliphatic carbocycles. The highest BCUT2D eigenvalue weighted by atomic mass is 16.3. The molecule has 0 spiro atoms. The third-order valence-corrected chi connectivity index (χ3v) is 2.54. The molecule has 0 bridgehead atoms. The lowest BCUT2D eigenvalue weighted by Crippen LogP contribution is -2.16. The van der Waals surface area contributed by atoms with Crippen LogP contribution in [0.25, 0.3) is 11.0 Å². The van der Waals surface area contributed by atoms with Crippen molar-refractivity contribution in [3.63, 3.8) is 0 Å². The van der Waals surface area contributed by atoms with Crippen molar-refractivity contribution in [1.82, 2.24) is 4.90 Å². The van der Waals surface area contributed by atoms with Crippen LogP contribution in [0.15, 0.2) is 34.9 Å². The molecule has 0 aliphatic heterocycles. The molecule has 1 heterocycles. The maximum atomic E-state index is 5.47. The number of fused-ring (bicyclic) bond motifs is 1. The van der Waals surface area contributed by atoms with Gasteiger partial charge in [-0.2, -0.15) is 0 Å². The molecule has 0 aliphatic rings. The van der Waals surface area contributed by atoms with E-state index >= 15 is 0 Å². The molecule has 2 heteroatoms. The molecule has 2 nitrogen and oxygen atoms in total. The number of furan rings is 1. The molecular weight excluding hydrogens is 198 g/mol. The molecule has 0 atom stereocenters. The Labute approximate surface area is 97.9 Å². The fourth-order valence-electron chi connectivity index (χ4n) is 1.56. The van der Waals surface area contributed by atoms with E-state index < -0.39 is 0 Å². The summed E-state index contributed by atoms with van der Waals surface area (Å²) in [5.41, 5.74) is 2.25. The van der Waals surface area contributed by atoms with Crippen molar-refractivity contribution in [2.45, 2.75) is 27.3 Å². The first-order valence-corrected chi connectivity index (χ1v) is 5.95. The molecule has 0 radical (unpaired) electrons. The topological polar surface area (TPSA) is 16.4 Å². The maximum Gasteiger partial charge on any atom is 0.134 e. The van der Waals surface area contributed by atoms with E-state index in [9.17, 15) is 0 Å². The van der Waals surface area contributed by atoms with Crippen LogP contribution in [0.4, 0.5) is 0 Å². The Bertz CT molecular complexity index is 419. The van der Waals surface area contributed by atoms with Gasteiger partial charge in [0.25, 0.3) is 0 Å². The van der Waals surface area contributed by atoms with Crippen molar-refractivity contribution < 1.29 is 4.42 Å². The molecule has 1 aromatic heterocycles. The summed E-state index contributed by atoms with van der Waals surface area (Å²) in [5, 5.41) is 1.23. The van der Waals surface area contributed by atoms with Crippen molar-refractivity contribution in [2.24, 2.45) is 0 Å². The number of hydrogen-bond donors (Lipinski definition) is 0. The van der Waals surface area contributed by atoms with E-state index in [1.165, 1.54) is 10.9 Å². The Morgan fingerprint density at radius 2 is 1.88 bits per heavy atom. The second kappa shape index (κ2) is 6.33. The van der Waals surface area contributed by atoms with Crippen LogP contribution in [0.2, 0.25) is 0 Å². The number of para-hydroxylation sites is 1. The average molecular weight is 219 g/mol. The second-order valence-electron chi connectivity index (χ2n) is 3.59. The predicted octanol–water partition coefficient (Wildman–Crippen LogP) is 3.91. The molecule has 0 saturated carbocycles. The number of hydrogen-bond acceptors (Lipinski definition) is 2. The molecule has 2 aromatic rings. The van der Waals surface area contributed by atoms with Crippen molar-refractivity contribution in [3.8, 4) is 0 Å². The van der Waals surface area contributed by atoms with Gasteiger partial charge in [-0.25, -0.2) is 0 Å². The monoisotopic (exact) mass is 219 g/mol. The van der Waals surface area contributed by atoms with Gasteiger partial charge < -0.3 is 9.32 Å². The van der Waals surface area contributed by atoms with E-state index in [0.717, 1.165) is 18.7 Å². The molecule has 0 fully saturated rings. The summed E-state index contributed by atoms with van der Waals surface area (Å²) in [6.07, 6.45) is 1.86. The Morgan fingerprint density at radius 3 is 2.56 bits per heavy atom. The van der Waals surface area contributed by atoms with Crippen LogP contribution in [0.3, 0.4) is 0 Å². The molecule has 0 N–H and O–H groups in total. The Balaban J connectivity index is 0.000000606. The summed E-state index contributed by atoms with van der Waals surface area (Å²) in [6, 6.07) is 8.16. The van der Waals surface area contributed by atoms with Gasteiger partial charge >= 0.3 is 0 Å². The fraction of sp³-hybridized carbons (Fsp3) is 0.429. The SMILES string of the molecule is CC.CCN(C)Cc1coc2ccccc12. The summed E-state index contributed by atoms with van der Waals surface area (Å²) in [4.78, 5) is 2.26. The van der Waals surface area contributed by atoms with E-state index in [1.807, 2.05) is 38.3 Å². The van der Waals surface area contributed by atoms with Crippen LogP contribution in [0.5, 0.6) is 0 Å². The zero-order valence-electron chi connectivity index (χ0n) is 10.7. The van der Waals surface area contributed by atoms with E-state index in [2.05, 4.69) is 24.9 Å². The highest BCUT2D eigenvalue weighted by Crippen LogP contribution is 2.21. The Hall–Kier alpha value is -1.28. The van der Waals surface area contributed by atoms with Gasteiger partial charge in [0, 0.05) is 17.5 Å². The lowest BCUT2D eigenvalue weighted by molar-refractivity contribution is 0.345. The van der Waals surface area contributed by atoms with Crippen LogP contribution < -0.4 is 0 Å². The van der Waals surface area contributed by atoms with Crippen LogP contribution in [0.1, 0.15) is 26.3 Å². The van der Waals surface area contributed by atoms with E-state index in [1.54, 1.807) is 0 Å². The summed E-state index contributed by atoms with van der Waals surface area (Å²) < 4.78 is 5.47. The van der Waals surface area contributed by atoms with Crippen LogP contribution in [0, 0.1) is 0 Å². The first-order valence-electron chi connectivity index (χ1n) is 5.95. The van der Waals surface area contributed by atoms with Crippen LogP contribution >= 0.6 is 0 Å². The minimum atomic E-state index is 0.952. The van der Waals surface area contributed by atoms with Crippen molar-refractivity contribution in [3.05, 3.63) is 36.1 Å². The van der Waals surface area contributed by atoms with E-state index in [0.29, 0.717) is 0 Å². The fourth-order valence-corrected chi connectivity index (χ4v) is 1.56. The molecule has 16 heavy (non-hydrogen) atoms. The quantitative estimate of drug-likeness (QED) is 0.778. The van der Waals surface area contributed by atoms with Crippen molar-refractivity contribution >= 4 is 11.0 Å². The van der Waals surface area contributed by atoms with E-state index in [-0.39, 0.29) is 0 Å². The number of rotatable bonds is 3. The molecule has 0 unspecified atom stereocenters. The van der Waals surface area contributed by atoms with Gasteiger partial charge in [-0.15, -0.1) is 0 Å². The van der Waals surface area contributed by atoms with Gasteiger partial charge in [0.1, 0.15) is 5.58 Å². The third kappa shape index (κ3) is 2.86. The second-order valence-corrected chi connectivity index (χ2v) is 3.59. The Morgan fingerprint density at radius 1 is 1.19 bits per heavy atom. The van der Waals surface area contributed by atoms with Crippen molar-refractivity contribution in [2.75, 3.05) is 13.6 Å². The smallest absolute Gasteiger partial charge is 0.134 e. The summed E-state index contributed by atoms with van der Waals surface area (Å²) >= 11 is 0. The minimum absolute atomic E-state index is 0.952. The standard InChI is InChI=1S/C12H15NO.C2H6/c1-3-13(2)8-10-9-14-12-7-5-4-6-11(10)12;1-2/h4-7,9H,3,8H2,1-2H3;1-2H3. The van der Waals surface area contributed by atoms with Gasteiger partial charge in [0.05, 0.1) is 6.26 Å². The van der Waals surface area contributed by atoms with E-state index in [4.69, 9.17) is 4.42 Å². The largest absolute Gasteiger partial charge is 0.464 e. The number of nitrogens with zero attached hydrogens (tertiary/aromatic N) is 1. The molecule has 0 saturated heterocycles. The normalized spacial score (nSPS) is 10.3. The highest BCUT2D eigenvalue weighted by Gasteiger charge is 2.05. The summed E-state index contributed by atoms with van der Waals surface area (Å²) in [7, 11) is 2.11. The van der Waals surface area contributed by atoms with Gasteiger partial charge in [0.2, 0.25) is 0 Å². The lowest BCUT2D eigenvalue weighted by atomic mass is 10.2. The molecule has 2 rings (SSSR count). The van der Waals surface area contributed by atoms with Crippen molar-refractivity contribution in [1.29, 1.82) is 0 Å². The summed E-state index contributed by atoms with van der Waals surface area (Å²) in [5.74, 6) is 0. The lowest BCUT2D eigenvalue weighted by Gasteiger charge is -2.11. The third-order valence-electron chi connectivity index (χ3n) is 2.54.